The molecule has 0 fully saturated rings. The van der Waals surface area contributed by atoms with Crippen molar-refractivity contribution < 1.29 is 13.2 Å². The van der Waals surface area contributed by atoms with Gasteiger partial charge in [-0.25, -0.2) is 13.1 Å². The van der Waals surface area contributed by atoms with Crippen molar-refractivity contribution in [3.05, 3.63) is 22.7 Å². The second kappa shape index (κ2) is 7.83. The summed E-state index contributed by atoms with van der Waals surface area (Å²) in [6.45, 7) is 2.82. The molecule has 0 atom stereocenters. The number of benzene rings is 1. The predicted molar refractivity (Wildman–Crippen MR) is 81.5 cm³/mol. The minimum atomic E-state index is -3.53. The molecular formula is C13H21ClN2O3S. The number of nitrogens with two attached hydrogens (primary N) is 1. The lowest BCUT2D eigenvalue weighted by Crippen LogP contribution is -2.25. The minimum Gasteiger partial charge on any atom is -0.397 e. The fraction of sp³-hybridized carbons (Fsp3) is 0.538. The Kier molecular flexibility index (Phi) is 6.75. The smallest absolute Gasteiger partial charge is 0.240 e. The van der Waals surface area contributed by atoms with Crippen LogP contribution in [0.1, 0.15) is 24.8 Å². The van der Waals surface area contributed by atoms with Crippen LogP contribution in [0.4, 0.5) is 5.69 Å². The van der Waals surface area contributed by atoms with Gasteiger partial charge >= 0.3 is 0 Å². The van der Waals surface area contributed by atoms with Gasteiger partial charge in [-0.05, 0) is 43.9 Å². The molecule has 20 heavy (non-hydrogen) atoms. The Morgan fingerprint density at radius 2 is 2.00 bits per heavy atom. The van der Waals surface area contributed by atoms with E-state index in [1.54, 1.807) is 14.0 Å². The van der Waals surface area contributed by atoms with E-state index in [4.69, 9.17) is 22.1 Å². The summed E-state index contributed by atoms with van der Waals surface area (Å²) >= 11 is 5.92. The lowest BCUT2D eigenvalue weighted by molar-refractivity contribution is 0.192. The minimum absolute atomic E-state index is 0.147. The molecule has 114 valence electrons. The molecule has 0 aromatic heterocycles. The van der Waals surface area contributed by atoms with Gasteiger partial charge in [0.25, 0.3) is 0 Å². The normalized spacial score (nSPS) is 11.8. The van der Waals surface area contributed by atoms with Crippen molar-refractivity contribution in [3.63, 3.8) is 0 Å². The monoisotopic (exact) mass is 320 g/mol. The van der Waals surface area contributed by atoms with E-state index in [2.05, 4.69) is 4.72 Å². The maximum Gasteiger partial charge on any atom is 0.240 e. The molecule has 0 saturated carbocycles. The van der Waals surface area contributed by atoms with Gasteiger partial charge in [0.1, 0.15) is 0 Å². The van der Waals surface area contributed by atoms with Crippen LogP contribution in [0.15, 0.2) is 17.0 Å². The highest BCUT2D eigenvalue weighted by Gasteiger charge is 2.16. The van der Waals surface area contributed by atoms with Gasteiger partial charge in [-0.1, -0.05) is 11.6 Å². The standard InChI is InChI=1S/C13H21ClN2O3S/c1-10-8-11(9-12(15)13(10)14)20(17,18)16-6-4-3-5-7-19-2/h8-9,16H,3-7,15H2,1-2H3. The first-order valence-electron chi connectivity index (χ1n) is 6.42. The molecule has 1 rings (SSSR count). The zero-order valence-electron chi connectivity index (χ0n) is 11.8. The largest absolute Gasteiger partial charge is 0.397 e. The van der Waals surface area contributed by atoms with Gasteiger partial charge in [-0.15, -0.1) is 0 Å². The first-order valence-corrected chi connectivity index (χ1v) is 8.29. The average Bonchev–Trinajstić information content (AvgIpc) is 2.39. The number of hydrogen-bond acceptors (Lipinski definition) is 4. The highest BCUT2D eigenvalue weighted by atomic mass is 35.5. The van der Waals surface area contributed by atoms with Crippen LogP contribution in [0.3, 0.4) is 0 Å². The molecule has 0 spiro atoms. The number of hydrogen-bond donors (Lipinski definition) is 2. The van der Waals surface area contributed by atoms with Gasteiger partial charge in [0.15, 0.2) is 0 Å². The Morgan fingerprint density at radius 3 is 2.60 bits per heavy atom. The molecule has 0 bridgehead atoms. The molecule has 0 heterocycles. The van der Waals surface area contributed by atoms with Crippen LogP contribution in [-0.4, -0.2) is 28.7 Å². The first-order chi connectivity index (χ1) is 9.38. The summed E-state index contributed by atoms with van der Waals surface area (Å²) in [5, 5.41) is 0.392. The average molecular weight is 321 g/mol. The van der Waals surface area contributed by atoms with Crippen molar-refractivity contribution in [2.75, 3.05) is 26.0 Å². The van der Waals surface area contributed by atoms with Gasteiger partial charge in [0.05, 0.1) is 15.6 Å². The van der Waals surface area contributed by atoms with Gasteiger partial charge in [-0.3, -0.25) is 0 Å². The molecule has 0 aliphatic carbocycles. The van der Waals surface area contributed by atoms with Gasteiger partial charge < -0.3 is 10.5 Å². The number of nitrogen functional groups attached to an aromatic ring is 1. The van der Waals surface area contributed by atoms with Gasteiger partial charge in [-0.2, -0.15) is 0 Å². The van der Waals surface area contributed by atoms with Crippen LogP contribution in [0.2, 0.25) is 5.02 Å². The van der Waals surface area contributed by atoms with Crippen LogP contribution in [-0.2, 0) is 14.8 Å². The third-order valence-corrected chi connectivity index (χ3v) is 4.84. The molecule has 0 saturated heterocycles. The van der Waals surface area contributed by atoms with E-state index in [0.29, 0.717) is 23.7 Å². The van der Waals surface area contributed by atoms with Crippen LogP contribution < -0.4 is 10.5 Å². The zero-order chi connectivity index (χ0) is 15.2. The summed E-state index contributed by atoms with van der Waals surface area (Å²) in [6.07, 6.45) is 2.61. The third-order valence-electron chi connectivity index (χ3n) is 2.88. The molecule has 3 N–H and O–H groups in total. The topological polar surface area (TPSA) is 81.4 Å². The summed E-state index contributed by atoms with van der Waals surface area (Å²) in [5.74, 6) is 0. The Labute approximate surface area is 125 Å². The molecule has 0 amide bonds. The number of methoxy groups -OCH3 is 1. The summed E-state index contributed by atoms with van der Waals surface area (Å²) in [6, 6.07) is 2.90. The number of halogens is 1. The molecule has 7 heteroatoms. The molecule has 1 aromatic carbocycles. The number of aryl methyl sites for hydroxylation is 1. The van der Waals surface area contributed by atoms with Crippen LogP contribution >= 0.6 is 11.6 Å². The maximum absolute atomic E-state index is 12.1. The van der Waals surface area contributed by atoms with Crippen LogP contribution in [0, 0.1) is 6.92 Å². The number of ether oxygens (including phenoxy) is 1. The van der Waals surface area contributed by atoms with E-state index in [1.807, 2.05) is 0 Å². The molecule has 5 nitrogen and oxygen atoms in total. The summed E-state index contributed by atoms with van der Waals surface area (Å²) < 4.78 is 31.7. The molecule has 0 unspecified atom stereocenters. The van der Waals surface area contributed by atoms with E-state index >= 15 is 0 Å². The lowest BCUT2D eigenvalue weighted by Gasteiger charge is -2.10. The van der Waals surface area contributed by atoms with Crippen LogP contribution in [0.25, 0.3) is 0 Å². The third kappa shape index (κ3) is 4.94. The highest BCUT2D eigenvalue weighted by Crippen LogP contribution is 2.26. The van der Waals surface area contributed by atoms with Crippen molar-refractivity contribution >= 4 is 27.3 Å². The molecule has 0 radical (unpaired) electrons. The number of unbranched alkanes of at least 4 members (excludes halogenated alkanes) is 2. The van der Waals surface area contributed by atoms with E-state index in [0.717, 1.165) is 19.3 Å². The van der Waals surface area contributed by atoms with Gasteiger partial charge in [0, 0.05) is 20.3 Å². The number of anilines is 1. The van der Waals surface area contributed by atoms with E-state index in [-0.39, 0.29) is 10.6 Å². The Balaban J connectivity index is 2.61. The second-order valence-corrected chi connectivity index (χ2v) is 6.74. The number of sulfonamides is 1. The van der Waals surface area contributed by atoms with E-state index in [9.17, 15) is 8.42 Å². The number of nitrogens with one attached hydrogen (secondary N) is 1. The fourth-order valence-electron chi connectivity index (χ4n) is 1.76. The lowest BCUT2D eigenvalue weighted by atomic mass is 10.2. The van der Waals surface area contributed by atoms with Gasteiger partial charge in [0.2, 0.25) is 10.0 Å². The Bertz CT molecular complexity index is 524. The van der Waals surface area contributed by atoms with Crippen LogP contribution in [0.5, 0.6) is 0 Å². The fourth-order valence-corrected chi connectivity index (χ4v) is 3.06. The van der Waals surface area contributed by atoms with Crippen molar-refractivity contribution in [1.29, 1.82) is 0 Å². The number of rotatable bonds is 8. The molecule has 0 aliphatic rings. The summed E-state index contributed by atoms with van der Waals surface area (Å²) in [4.78, 5) is 0.147. The summed E-state index contributed by atoms with van der Waals surface area (Å²) in [5.41, 5.74) is 6.61. The predicted octanol–water partition coefficient (Wildman–Crippen LogP) is 2.33. The zero-order valence-corrected chi connectivity index (χ0v) is 13.4. The van der Waals surface area contributed by atoms with Crippen molar-refractivity contribution in [2.45, 2.75) is 31.1 Å². The summed E-state index contributed by atoms with van der Waals surface area (Å²) in [7, 11) is -1.89. The second-order valence-electron chi connectivity index (χ2n) is 4.59. The maximum atomic E-state index is 12.1. The van der Waals surface area contributed by atoms with E-state index < -0.39 is 10.0 Å². The Morgan fingerprint density at radius 1 is 1.30 bits per heavy atom. The quantitative estimate of drug-likeness (QED) is 0.569. The molecule has 0 aliphatic heterocycles. The van der Waals surface area contributed by atoms with Crippen molar-refractivity contribution in [2.24, 2.45) is 0 Å². The highest BCUT2D eigenvalue weighted by molar-refractivity contribution is 7.89. The SMILES string of the molecule is COCCCCCNS(=O)(=O)c1cc(C)c(Cl)c(N)c1. The first kappa shape index (κ1) is 17.2. The molecular weight excluding hydrogens is 300 g/mol. The van der Waals surface area contributed by atoms with E-state index in [1.165, 1.54) is 12.1 Å². The Hall–Kier alpha value is -0.820. The van der Waals surface area contributed by atoms with Crippen molar-refractivity contribution in [3.8, 4) is 0 Å². The van der Waals surface area contributed by atoms with Crippen molar-refractivity contribution in [1.82, 2.24) is 4.72 Å². The molecule has 1 aromatic rings.